The van der Waals surface area contributed by atoms with Crippen molar-refractivity contribution in [1.82, 2.24) is 30.4 Å². The minimum atomic E-state index is -0.603. The number of amides is 2. The molecule has 1 aliphatic carbocycles. The second kappa shape index (κ2) is 9.33. The van der Waals surface area contributed by atoms with E-state index in [-0.39, 0.29) is 42.2 Å². The number of hydrogen-bond acceptors (Lipinski definition) is 6. The Bertz CT molecular complexity index is 977. The summed E-state index contributed by atoms with van der Waals surface area (Å²) in [7, 11) is 0. The number of halogens is 2. The van der Waals surface area contributed by atoms with Gasteiger partial charge in [0.25, 0.3) is 0 Å². The largest absolute Gasteiger partial charge is 0.350 e. The summed E-state index contributed by atoms with van der Waals surface area (Å²) in [6.07, 6.45) is 3.69. The molecule has 9 nitrogen and oxygen atoms in total. The van der Waals surface area contributed by atoms with Crippen molar-refractivity contribution in [2.24, 2.45) is 17.1 Å². The van der Waals surface area contributed by atoms with E-state index < -0.39 is 12.1 Å². The van der Waals surface area contributed by atoms with Crippen molar-refractivity contribution < 1.29 is 9.59 Å². The SMILES string of the molecule is CC(C)(C)C[C@@H](N)C(=O)N1[C@H](C(=O)NCc2cc(Cl)ccc2-n2cnnn2)C[C@@H]2C[C@@H]21.Cl. The number of likely N-dealkylation sites (tertiary alicyclic amines) is 1. The molecule has 11 heteroatoms. The summed E-state index contributed by atoms with van der Waals surface area (Å²) in [4.78, 5) is 27.9. The Kier molecular flexibility index (Phi) is 7.12. The van der Waals surface area contributed by atoms with Gasteiger partial charge >= 0.3 is 0 Å². The van der Waals surface area contributed by atoms with Gasteiger partial charge in [0.2, 0.25) is 11.8 Å². The first-order valence-electron chi connectivity index (χ1n) is 10.5. The topological polar surface area (TPSA) is 119 Å². The number of aromatic nitrogens is 4. The number of nitrogens with zero attached hydrogens (tertiary/aromatic N) is 5. The fourth-order valence-corrected chi connectivity index (χ4v) is 4.63. The van der Waals surface area contributed by atoms with Gasteiger partial charge in [0.05, 0.1) is 11.7 Å². The lowest BCUT2D eigenvalue weighted by Crippen LogP contribution is -2.53. The van der Waals surface area contributed by atoms with E-state index >= 15 is 0 Å². The van der Waals surface area contributed by atoms with Crippen LogP contribution in [0.2, 0.25) is 5.02 Å². The molecule has 2 aliphatic rings. The summed E-state index contributed by atoms with van der Waals surface area (Å²) in [5.74, 6) is 0.0906. The summed E-state index contributed by atoms with van der Waals surface area (Å²) in [6, 6.07) is 4.36. The Balaban J connectivity index is 0.00000289. The number of nitrogens with one attached hydrogen (secondary N) is 1. The highest BCUT2D eigenvalue weighted by molar-refractivity contribution is 6.30. The molecule has 0 spiro atoms. The number of carbonyl (C=O) groups excluding carboxylic acids is 2. The van der Waals surface area contributed by atoms with Crippen LogP contribution in [0.4, 0.5) is 0 Å². The van der Waals surface area contributed by atoms with Crippen LogP contribution in [0.5, 0.6) is 0 Å². The van der Waals surface area contributed by atoms with E-state index in [0.717, 1.165) is 17.7 Å². The molecule has 4 rings (SSSR count). The highest BCUT2D eigenvalue weighted by atomic mass is 35.5. The number of rotatable bonds is 6. The van der Waals surface area contributed by atoms with Crippen LogP contribution in [0, 0.1) is 11.3 Å². The predicted molar refractivity (Wildman–Crippen MR) is 122 cm³/mol. The molecule has 1 aromatic heterocycles. The summed E-state index contributed by atoms with van der Waals surface area (Å²) in [5.41, 5.74) is 7.66. The Labute approximate surface area is 198 Å². The van der Waals surface area contributed by atoms with E-state index in [1.54, 1.807) is 23.1 Å². The molecule has 2 heterocycles. The highest BCUT2D eigenvalue weighted by Crippen LogP contribution is 2.48. The lowest BCUT2D eigenvalue weighted by Gasteiger charge is -2.31. The van der Waals surface area contributed by atoms with Gasteiger partial charge < -0.3 is 16.0 Å². The standard InChI is InChI=1S/C21H28ClN7O2.ClH/c1-21(2,3)9-15(23)20(31)29-17-7-12(17)8-18(29)19(30)24-10-13-6-14(22)4-5-16(13)28-11-25-26-27-28;/h4-6,11-12,15,17-18H,7-10,23H2,1-3H3,(H,24,30);1H/t12-,15+,17-,18-;/m0./s1. The number of benzene rings is 1. The number of piperidine rings is 1. The van der Waals surface area contributed by atoms with E-state index in [4.69, 9.17) is 17.3 Å². The van der Waals surface area contributed by atoms with E-state index in [2.05, 4.69) is 41.6 Å². The van der Waals surface area contributed by atoms with E-state index in [1.165, 1.54) is 11.0 Å². The van der Waals surface area contributed by atoms with Crippen LogP contribution in [-0.2, 0) is 16.1 Å². The van der Waals surface area contributed by atoms with Gasteiger partial charge in [-0.25, -0.2) is 4.68 Å². The maximum atomic E-state index is 13.1. The second-order valence-electron chi connectivity index (χ2n) is 9.68. The quantitative estimate of drug-likeness (QED) is 0.651. The molecule has 0 radical (unpaired) electrons. The molecule has 1 saturated carbocycles. The average molecular weight is 482 g/mol. The fraction of sp³-hybridized carbons (Fsp3) is 0.571. The smallest absolute Gasteiger partial charge is 0.243 e. The van der Waals surface area contributed by atoms with E-state index in [1.807, 2.05) is 0 Å². The zero-order valence-corrected chi connectivity index (χ0v) is 19.9. The number of carbonyl (C=O) groups is 2. The summed E-state index contributed by atoms with van der Waals surface area (Å²) in [6.45, 7) is 6.42. The van der Waals surface area contributed by atoms with Crippen molar-refractivity contribution in [3.8, 4) is 5.69 Å². The van der Waals surface area contributed by atoms with Crippen molar-refractivity contribution in [2.45, 2.75) is 64.7 Å². The lowest BCUT2D eigenvalue weighted by molar-refractivity contribution is -0.141. The third-order valence-electron chi connectivity index (χ3n) is 5.90. The van der Waals surface area contributed by atoms with Crippen LogP contribution in [0.1, 0.15) is 45.6 Å². The molecule has 2 aromatic rings. The van der Waals surface area contributed by atoms with Crippen molar-refractivity contribution in [1.29, 1.82) is 0 Å². The monoisotopic (exact) mass is 481 g/mol. The molecular weight excluding hydrogens is 453 g/mol. The summed E-state index contributed by atoms with van der Waals surface area (Å²) in [5, 5.41) is 14.8. The summed E-state index contributed by atoms with van der Waals surface area (Å²) < 4.78 is 1.52. The van der Waals surface area contributed by atoms with Gasteiger partial charge in [-0.05, 0) is 64.8 Å². The number of tetrazole rings is 1. The van der Waals surface area contributed by atoms with Crippen LogP contribution in [0.3, 0.4) is 0 Å². The van der Waals surface area contributed by atoms with Gasteiger partial charge in [-0.15, -0.1) is 17.5 Å². The normalized spacial score (nSPS) is 22.7. The van der Waals surface area contributed by atoms with Crippen molar-refractivity contribution in [3.63, 3.8) is 0 Å². The molecule has 0 unspecified atom stereocenters. The van der Waals surface area contributed by atoms with Crippen molar-refractivity contribution in [3.05, 3.63) is 35.1 Å². The third kappa shape index (κ3) is 5.22. The van der Waals surface area contributed by atoms with Gasteiger partial charge in [0, 0.05) is 17.6 Å². The van der Waals surface area contributed by atoms with E-state index in [0.29, 0.717) is 23.8 Å². The maximum Gasteiger partial charge on any atom is 0.243 e. The van der Waals surface area contributed by atoms with Crippen LogP contribution >= 0.6 is 24.0 Å². The first kappa shape index (κ1) is 24.4. The predicted octanol–water partition coefficient (Wildman–Crippen LogP) is 2.11. The number of hydrogen-bond donors (Lipinski definition) is 2. The minimum absolute atomic E-state index is 0. The minimum Gasteiger partial charge on any atom is -0.350 e. The van der Waals surface area contributed by atoms with Crippen LogP contribution in [-0.4, -0.2) is 55.0 Å². The summed E-state index contributed by atoms with van der Waals surface area (Å²) >= 11 is 6.16. The Morgan fingerprint density at radius 3 is 2.72 bits per heavy atom. The number of nitrogens with two attached hydrogens (primary N) is 1. The molecule has 2 amide bonds. The van der Waals surface area contributed by atoms with E-state index in [9.17, 15) is 9.59 Å². The average Bonchev–Trinajstić information content (AvgIpc) is 3.10. The molecule has 1 aliphatic heterocycles. The van der Waals surface area contributed by atoms with Gasteiger partial charge in [0.15, 0.2) is 0 Å². The lowest BCUT2D eigenvalue weighted by atomic mass is 9.88. The van der Waals surface area contributed by atoms with Crippen LogP contribution in [0.15, 0.2) is 24.5 Å². The molecule has 1 saturated heterocycles. The van der Waals surface area contributed by atoms with Crippen molar-refractivity contribution in [2.75, 3.05) is 0 Å². The van der Waals surface area contributed by atoms with Gasteiger partial charge in [0.1, 0.15) is 12.4 Å². The maximum absolute atomic E-state index is 13.1. The second-order valence-corrected chi connectivity index (χ2v) is 10.1. The Morgan fingerprint density at radius 2 is 2.06 bits per heavy atom. The molecule has 3 N–H and O–H groups in total. The first-order valence-corrected chi connectivity index (χ1v) is 10.9. The van der Waals surface area contributed by atoms with Crippen molar-refractivity contribution >= 4 is 35.8 Å². The van der Waals surface area contributed by atoms with Gasteiger partial charge in [-0.1, -0.05) is 32.4 Å². The Hall–Kier alpha value is -2.23. The van der Waals surface area contributed by atoms with Crippen LogP contribution in [0.25, 0.3) is 5.69 Å². The molecule has 32 heavy (non-hydrogen) atoms. The van der Waals surface area contributed by atoms with Gasteiger partial charge in [-0.3, -0.25) is 9.59 Å². The highest BCUT2D eigenvalue weighted by Gasteiger charge is 2.56. The zero-order valence-electron chi connectivity index (χ0n) is 18.4. The molecule has 1 aromatic carbocycles. The van der Waals surface area contributed by atoms with Crippen LogP contribution < -0.4 is 11.1 Å². The number of fused-ring (bicyclic) bond motifs is 1. The molecule has 2 fully saturated rings. The fourth-order valence-electron chi connectivity index (χ4n) is 4.44. The third-order valence-corrected chi connectivity index (χ3v) is 6.14. The molecule has 4 atom stereocenters. The first-order chi connectivity index (χ1) is 14.6. The molecule has 174 valence electrons. The molecular formula is C21H29Cl2N7O2. The Morgan fingerprint density at radius 1 is 1.31 bits per heavy atom. The van der Waals surface area contributed by atoms with Gasteiger partial charge in [-0.2, -0.15) is 0 Å². The zero-order chi connectivity index (χ0) is 22.3. The molecule has 0 bridgehead atoms.